The number of rotatable bonds is 8. The topological polar surface area (TPSA) is 18.5 Å². The molecule has 0 fully saturated rings. The van der Waals surface area contributed by atoms with E-state index in [1.54, 1.807) is 0 Å². The molecular weight excluding hydrogens is 303 g/mol. The smallest absolute Gasteiger partial charge is 0.142 e. The summed E-state index contributed by atoms with van der Waals surface area (Å²) in [5.41, 5.74) is 1.06. The van der Waals surface area contributed by atoms with Crippen LogP contribution >= 0.6 is 27.5 Å². The van der Waals surface area contributed by atoms with E-state index in [2.05, 4.69) is 22.9 Å². The molecule has 0 atom stereocenters. The van der Waals surface area contributed by atoms with E-state index < -0.39 is 0 Å². The van der Waals surface area contributed by atoms with Crippen molar-refractivity contribution in [2.45, 2.75) is 25.1 Å². The Kier molecular flexibility index (Phi) is 7.65. The Morgan fingerprint density at radius 1 is 1.24 bits per heavy atom. The predicted molar refractivity (Wildman–Crippen MR) is 75.3 cm³/mol. The van der Waals surface area contributed by atoms with Crippen LogP contribution in [-0.2, 0) is 10.1 Å². The van der Waals surface area contributed by atoms with E-state index in [-0.39, 0.29) is 0 Å². The van der Waals surface area contributed by atoms with Crippen molar-refractivity contribution in [3.05, 3.63) is 28.8 Å². The van der Waals surface area contributed by atoms with E-state index in [0.29, 0.717) is 18.2 Å². The van der Waals surface area contributed by atoms with Crippen LogP contribution in [0.5, 0.6) is 5.75 Å². The Labute approximate surface area is 116 Å². The number of hydrogen-bond acceptors (Lipinski definition) is 2. The predicted octanol–water partition coefficient (Wildman–Crippen LogP) is 4.43. The fraction of sp³-hybridized carbons (Fsp3) is 0.538. The number of hydrogen-bond donors (Lipinski definition) is 0. The third-order valence-corrected chi connectivity index (χ3v) is 3.21. The molecule has 17 heavy (non-hydrogen) atoms. The minimum atomic E-state index is 0.535. The fourth-order valence-electron chi connectivity index (χ4n) is 1.37. The van der Waals surface area contributed by atoms with Gasteiger partial charge in [-0.2, -0.15) is 0 Å². The first-order chi connectivity index (χ1) is 8.29. The number of ether oxygens (including phenoxy) is 2. The molecule has 0 N–H and O–H groups in total. The number of unbranched alkanes of at least 4 members (excludes halogenated alkanes) is 1. The number of para-hydroxylation sites is 1. The zero-order valence-corrected chi connectivity index (χ0v) is 12.4. The first kappa shape index (κ1) is 14.8. The molecule has 0 aliphatic carbocycles. The average Bonchev–Trinajstić information content (AvgIpc) is 2.35. The number of alkyl halides is 1. The van der Waals surface area contributed by atoms with E-state index >= 15 is 0 Å². The highest BCUT2D eigenvalue weighted by molar-refractivity contribution is 9.08. The third kappa shape index (κ3) is 5.28. The van der Waals surface area contributed by atoms with Crippen LogP contribution in [0.4, 0.5) is 0 Å². The second-order valence-corrected chi connectivity index (χ2v) is 4.64. The standard InChI is InChI=1S/C13H18BrClO2/c1-2-3-7-16-8-9-17-13-11(10-14)5-4-6-12(13)15/h4-6H,2-3,7-10H2,1H3. The van der Waals surface area contributed by atoms with Crippen LogP contribution in [0, 0.1) is 0 Å². The van der Waals surface area contributed by atoms with Crippen LogP contribution in [-0.4, -0.2) is 19.8 Å². The molecule has 0 aliphatic rings. The van der Waals surface area contributed by atoms with Crippen molar-refractivity contribution in [3.63, 3.8) is 0 Å². The molecule has 0 radical (unpaired) electrons. The molecule has 0 aliphatic heterocycles. The number of benzene rings is 1. The molecule has 0 spiro atoms. The monoisotopic (exact) mass is 320 g/mol. The first-order valence-corrected chi connectivity index (χ1v) is 7.33. The van der Waals surface area contributed by atoms with Gasteiger partial charge in [0.25, 0.3) is 0 Å². The lowest BCUT2D eigenvalue weighted by atomic mass is 10.2. The van der Waals surface area contributed by atoms with Gasteiger partial charge >= 0.3 is 0 Å². The van der Waals surface area contributed by atoms with Crippen molar-refractivity contribution in [3.8, 4) is 5.75 Å². The van der Waals surface area contributed by atoms with Crippen LogP contribution in [0.3, 0.4) is 0 Å². The molecule has 0 amide bonds. The van der Waals surface area contributed by atoms with E-state index in [0.717, 1.165) is 36.1 Å². The Morgan fingerprint density at radius 3 is 2.76 bits per heavy atom. The van der Waals surface area contributed by atoms with E-state index in [9.17, 15) is 0 Å². The molecule has 4 heteroatoms. The summed E-state index contributed by atoms with van der Waals surface area (Å²) in [6, 6.07) is 5.75. The molecule has 0 saturated carbocycles. The van der Waals surface area contributed by atoms with Gasteiger partial charge in [0.05, 0.1) is 11.6 Å². The molecule has 0 aromatic heterocycles. The van der Waals surface area contributed by atoms with Crippen molar-refractivity contribution in [1.29, 1.82) is 0 Å². The van der Waals surface area contributed by atoms with Crippen LogP contribution in [0.15, 0.2) is 18.2 Å². The quantitative estimate of drug-likeness (QED) is 0.521. The number of halogens is 2. The van der Waals surface area contributed by atoms with E-state index in [1.165, 1.54) is 0 Å². The van der Waals surface area contributed by atoms with Gasteiger partial charge in [-0.05, 0) is 12.5 Å². The zero-order valence-electron chi connectivity index (χ0n) is 10.0. The van der Waals surface area contributed by atoms with Crippen LogP contribution in [0.1, 0.15) is 25.3 Å². The maximum Gasteiger partial charge on any atom is 0.142 e. The molecular formula is C13H18BrClO2. The lowest BCUT2D eigenvalue weighted by Crippen LogP contribution is -2.08. The highest BCUT2D eigenvalue weighted by atomic mass is 79.9. The normalized spacial score (nSPS) is 10.5. The van der Waals surface area contributed by atoms with Crippen molar-refractivity contribution in [2.24, 2.45) is 0 Å². The summed E-state index contributed by atoms with van der Waals surface area (Å²) < 4.78 is 11.1. The molecule has 2 nitrogen and oxygen atoms in total. The lowest BCUT2D eigenvalue weighted by Gasteiger charge is -2.11. The van der Waals surface area contributed by atoms with Crippen molar-refractivity contribution >= 4 is 27.5 Å². The van der Waals surface area contributed by atoms with Crippen LogP contribution < -0.4 is 4.74 Å². The van der Waals surface area contributed by atoms with Gasteiger partial charge in [0.1, 0.15) is 12.4 Å². The summed E-state index contributed by atoms with van der Waals surface area (Å²) in [7, 11) is 0. The first-order valence-electron chi connectivity index (χ1n) is 5.83. The second-order valence-electron chi connectivity index (χ2n) is 3.68. The van der Waals surface area contributed by atoms with Crippen LogP contribution in [0.25, 0.3) is 0 Å². The highest BCUT2D eigenvalue weighted by Gasteiger charge is 2.06. The molecule has 0 unspecified atom stereocenters. The maximum atomic E-state index is 6.08. The maximum absolute atomic E-state index is 6.08. The van der Waals surface area contributed by atoms with Crippen LogP contribution in [0.2, 0.25) is 5.02 Å². The van der Waals surface area contributed by atoms with Gasteiger partial charge in [0, 0.05) is 17.5 Å². The Morgan fingerprint density at radius 2 is 2.06 bits per heavy atom. The Balaban J connectivity index is 2.35. The molecule has 1 rings (SSSR count). The molecule has 0 bridgehead atoms. The minimum absolute atomic E-state index is 0.535. The summed E-state index contributed by atoms with van der Waals surface area (Å²) in [4.78, 5) is 0. The largest absolute Gasteiger partial charge is 0.489 e. The van der Waals surface area contributed by atoms with Crippen molar-refractivity contribution in [1.82, 2.24) is 0 Å². The molecule has 1 aromatic carbocycles. The summed E-state index contributed by atoms with van der Waals surface area (Å²) in [6.07, 6.45) is 2.25. The molecule has 1 aromatic rings. The third-order valence-electron chi connectivity index (χ3n) is 2.31. The fourth-order valence-corrected chi connectivity index (χ4v) is 2.06. The lowest BCUT2D eigenvalue weighted by molar-refractivity contribution is 0.0978. The Hall–Kier alpha value is -0.250. The molecule has 0 heterocycles. The van der Waals surface area contributed by atoms with Crippen molar-refractivity contribution in [2.75, 3.05) is 19.8 Å². The highest BCUT2D eigenvalue weighted by Crippen LogP contribution is 2.29. The van der Waals surface area contributed by atoms with Gasteiger partial charge in [-0.1, -0.05) is 53.0 Å². The van der Waals surface area contributed by atoms with Gasteiger partial charge < -0.3 is 9.47 Å². The van der Waals surface area contributed by atoms with Gasteiger partial charge in [-0.15, -0.1) is 0 Å². The van der Waals surface area contributed by atoms with E-state index in [4.69, 9.17) is 21.1 Å². The summed E-state index contributed by atoms with van der Waals surface area (Å²) in [5, 5.41) is 1.38. The van der Waals surface area contributed by atoms with Gasteiger partial charge in [0.2, 0.25) is 0 Å². The minimum Gasteiger partial charge on any atom is -0.489 e. The zero-order chi connectivity index (χ0) is 12.5. The van der Waals surface area contributed by atoms with E-state index in [1.807, 2.05) is 18.2 Å². The molecule has 96 valence electrons. The summed E-state index contributed by atoms with van der Waals surface area (Å²) in [6.45, 7) is 4.08. The molecule has 0 saturated heterocycles. The van der Waals surface area contributed by atoms with Gasteiger partial charge in [-0.3, -0.25) is 0 Å². The average molecular weight is 322 g/mol. The summed E-state index contributed by atoms with van der Waals surface area (Å²) >= 11 is 9.50. The SMILES string of the molecule is CCCCOCCOc1c(Cl)cccc1CBr. The second kappa shape index (κ2) is 8.78. The Bertz CT molecular complexity index is 331. The van der Waals surface area contributed by atoms with Crippen molar-refractivity contribution < 1.29 is 9.47 Å². The summed E-state index contributed by atoms with van der Waals surface area (Å²) in [5.74, 6) is 0.755. The van der Waals surface area contributed by atoms with Gasteiger partial charge in [-0.25, -0.2) is 0 Å². The van der Waals surface area contributed by atoms with Gasteiger partial charge in [0.15, 0.2) is 0 Å².